The van der Waals surface area contributed by atoms with Crippen LogP contribution in [0.1, 0.15) is 6.92 Å². The molecule has 96 valence electrons. The number of Topliss-reactive ketones (excluding diaryl/α,β-unsaturated/α-hetero) is 1. The second-order valence-electron chi connectivity index (χ2n) is 4.13. The molecule has 1 saturated heterocycles. The maximum atomic E-state index is 11.8. The van der Waals surface area contributed by atoms with E-state index in [0.29, 0.717) is 13.2 Å². The van der Waals surface area contributed by atoms with Crippen molar-refractivity contribution in [3.63, 3.8) is 0 Å². The van der Waals surface area contributed by atoms with Crippen LogP contribution in [0.2, 0.25) is 0 Å². The van der Waals surface area contributed by atoms with E-state index < -0.39 is 11.9 Å². The van der Waals surface area contributed by atoms with Gasteiger partial charge in [-0.3, -0.25) is 9.59 Å². The molecule has 0 N–H and O–H groups in total. The van der Waals surface area contributed by atoms with Crippen LogP contribution in [0.15, 0.2) is 28.7 Å². The zero-order valence-electron chi connectivity index (χ0n) is 10.1. The van der Waals surface area contributed by atoms with Crippen LogP contribution in [0.5, 0.6) is 0 Å². The van der Waals surface area contributed by atoms with Crippen molar-refractivity contribution in [2.75, 3.05) is 24.6 Å². The third kappa shape index (κ3) is 2.72. The normalized spacial score (nSPS) is 19.1. The summed E-state index contributed by atoms with van der Waals surface area (Å²) in [6.45, 7) is 2.72. The number of ketones is 1. The second-order valence-corrected chi connectivity index (χ2v) is 5.04. The maximum Gasteiger partial charge on any atom is 0.318 e. The van der Waals surface area contributed by atoms with Crippen molar-refractivity contribution in [1.29, 1.82) is 0 Å². The summed E-state index contributed by atoms with van der Waals surface area (Å²) in [6.07, 6.45) is 0. The summed E-state index contributed by atoms with van der Waals surface area (Å²) in [5.41, 5.74) is 0.943. The minimum atomic E-state index is -0.645. The number of rotatable bonds is 3. The van der Waals surface area contributed by atoms with Gasteiger partial charge in [-0.25, -0.2) is 0 Å². The molecule has 1 aliphatic heterocycles. The lowest BCUT2D eigenvalue weighted by Gasteiger charge is -2.17. The minimum Gasteiger partial charge on any atom is -0.465 e. The number of benzene rings is 1. The monoisotopic (exact) mass is 311 g/mol. The van der Waals surface area contributed by atoms with Gasteiger partial charge in [-0.2, -0.15) is 0 Å². The SMILES string of the molecule is CCOC(=O)C1CN(c2ccc(Br)cc2)CC1=O. The largest absolute Gasteiger partial charge is 0.465 e. The summed E-state index contributed by atoms with van der Waals surface area (Å²) in [5.74, 6) is -1.13. The molecule has 1 aliphatic rings. The maximum absolute atomic E-state index is 11.8. The molecular formula is C13H14BrNO3. The molecular weight excluding hydrogens is 298 g/mol. The number of halogens is 1. The molecule has 0 radical (unpaired) electrons. The first kappa shape index (κ1) is 13.1. The van der Waals surface area contributed by atoms with E-state index in [1.165, 1.54) is 0 Å². The van der Waals surface area contributed by atoms with Gasteiger partial charge in [-0.15, -0.1) is 0 Å². The van der Waals surface area contributed by atoms with Crippen molar-refractivity contribution in [1.82, 2.24) is 0 Å². The molecule has 18 heavy (non-hydrogen) atoms. The van der Waals surface area contributed by atoms with E-state index in [9.17, 15) is 9.59 Å². The molecule has 0 bridgehead atoms. The topological polar surface area (TPSA) is 46.6 Å². The fourth-order valence-corrected chi connectivity index (χ4v) is 2.25. The number of hydrogen-bond donors (Lipinski definition) is 0. The van der Waals surface area contributed by atoms with Gasteiger partial charge in [0.25, 0.3) is 0 Å². The average molecular weight is 312 g/mol. The highest BCUT2D eigenvalue weighted by atomic mass is 79.9. The third-order valence-corrected chi connectivity index (χ3v) is 3.43. The predicted molar refractivity (Wildman–Crippen MR) is 71.5 cm³/mol. The minimum absolute atomic E-state index is 0.0728. The molecule has 1 heterocycles. The molecule has 2 rings (SSSR count). The lowest BCUT2D eigenvalue weighted by molar-refractivity contribution is -0.149. The molecule has 0 amide bonds. The quantitative estimate of drug-likeness (QED) is 0.633. The number of ether oxygens (including phenoxy) is 1. The molecule has 1 fully saturated rings. The first-order valence-corrected chi connectivity index (χ1v) is 6.61. The van der Waals surface area contributed by atoms with Gasteiger partial charge in [0.15, 0.2) is 5.78 Å². The zero-order chi connectivity index (χ0) is 13.1. The summed E-state index contributed by atoms with van der Waals surface area (Å²) in [4.78, 5) is 25.3. The van der Waals surface area contributed by atoms with Crippen LogP contribution in [0.4, 0.5) is 5.69 Å². The van der Waals surface area contributed by atoms with E-state index >= 15 is 0 Å². The van der Waals surface area contributed by atoms with E-state index in [4.69, 9.17) is 4.74 Å². The van der Waals surface area contributed by atoms with Crippen molar-refractivity contribution in [2.45, 2.75) is 6.92 Å². The van der Waals surface area contributed by atoms with E-state index in [0.717, 1.165) is 10.2 Å². The average Bonchev–Trinajstić information content (AvgIpc) is 2.72. The predicted octanol–water partition coefficient (Wildman–Crippen LogP) is 2.02. The van der Waals surface area contributed by atoms with E-state index in [1.54, 1.807) is 6.92 Å². The third-order valence-electron chi connectivity index (χ3n) is 2.90. The van der Waals surface area contributed by atoms with Crippen molar-refractivity contribution >= 4 is 33.4 Å². The van der Waals surface area contributed by atoms with Gasteiger partial charge in [0.05, 0.1) is 13.2 Å². The van der Waals surface area contributed by atoms with Crippen molar-refractivity contribution in [2.24, 2.45) is 5.92 Å². The Morgan fingerprint density at radius 2 is 2.11 bits per heavy atom. The highest BCUT2D eigenvalue weighted by Gasteiger charge is 2.37. The van der Waals surface area contributed by atoms with Crippen LogP contribution in [0.25, 0.3) is 0 Å². The first-order chi connectivity index (χ1) is 8.61. The summed E-state index contributed by atoms with van der Waals surface area (Å²) in [7, 11) is 0. The molecule has 1 aromatic carbocycles. The molecule has 1 aromatic rings. The van der Waals surface area contributed by atoms with Crippen molar-refractivity contribution in [3.8, 4) is 0 Å². The number of carbonyl (C=O) groups excluding carboxylic acids is 2. The van der Waals surface area contributed by atoms with Gasteiger partial charge in [-0.05, 0) is 31.2 Å². The Morgan fingerprint density at radius 3 is 2.72 bits per heavy atom. The zero-order valence-corrected chi connectivity index (χ0v) is 11.6. The molecule has 0 aliphatic carbocycles. The van der Waals surface area contributed by atoms with Crippen LogP contribution < -0.4 is 4.90 Å². The van der Waals surface area contributed by atoms with Crippen molar-refractivity contribution in [3.05, 3.63) is 28.7 Å². The Morgan fingerprint density at radius 1 is 1.44 bits per heavy atom. The fourth-order valence-electron chi connectivity index (χ4n) is 1.98. The lowest BCUT2D eigenvalue weighted by Crippen LogP contribution is -2.25. The molecule has 0 aromatic heterocycles. The van der Waals surface area contributed by atoms with Gasteiger partial charge < -0.3 is 9.64 Å². The molecule has 1 atom stereocenters. The number of esters is 1. The number of hydrogen-bond acceptors (Lipinski definition) is 4. The van der Waals surface area contributed by atoms with Gasteiger partial charge in [0.1, 0.15) is 5.92 Å². The standard InChI is InChI=1S/C13H14BrNO3/c1-2-18-13(17)11-7-15(8-12(11)16)10-5-3-9(14)4-6-10/h3-6,11H,2,7-8H2,1H3. The summed E-state index contributed by atoms with van der Waals surface area (Å²) >= 11 is 3.36. The Kier molecular flexibility index (Phi) is 4.01. The Hall–Kier alpha value is -1.36. The van der Waals surface area contributed by atoms with Crippen LogP contribution in [-0.4, -0.2) is 31.4 Å². The molecule has 4 nitrogen and oxygen atoms in total. The summed E-state index contributed by atoms with van der Waals surface area (Å²) < 4.78 is 5.89. The lowest BCUT2D eigenvalue weighted by atomic mass is 10.1. The van der Waals surface area contributed by atoms with Gasteiger partial charge >= 0.3 is 5.97 Å². The number of carbonyl (C=O) groups is 2. The van der Waals surface area contributed by atoms with Gasteiger partial charge in [0, 0.05) is 16.7 Å². The van der Waals surface area contributed by atoms with Crippen molar-refractivity contribution < 1.29 is 14.3 Å². The summed E-state index contributed by atoms with van der Waals surface area (Å²) in [6, 6.07) is 7.67. The molecule has 0 spiro atoms. The van der Waals surface area contributed by atoms with Crippen LogP contribution >= 0.6 is 15.9 Å². The van der Waals surface area contributed by atoms with Crippen LogP contribution in [0, 0.1) is 5.92 Å². The van der Waals surface area contributed by atoms with Crippen LogP contribution in [0.3, 0.4) is 0 Å². The van der Waals surface area contributed by atoms with Crippen LogP contribution in [-0.2, 0) is 14.3 Å². The smallest absolute Gasteiger partial charge is 0.318 e. The number of nitrogens with zero attached hydrogens (tertiary/aromatic N) is 1. The Labute approximate surface area is 114 Å². The molecule has 5 heteroatoms. The Balaban J connectivity index is 2.08. The van der Waals surface area contributed by atoms with Gasteiger partial charge in [0.2, 0.25) is 0 Å². The highest BCUT2D eigenvalue weighted by molar-refractivity contribution is 9.10. The Bertz CT molecular complexity index is 458. The van der Waals surface area contributed by atoms with Gasteiger partial charge in [-0.1, -0.05) is 15.9 Å². The van der Waals surface area contributed by atoms with E-state index in [1.807, 2.05) is 29.2 Å². The van der Waals surface area contributed by atoms with E-state index in [2.05, 4.69) is 15.9 Å². The summed E-state index contributed by atoms with van der Waals surface area (Å²) in [5, 5.41) is 0. The second kappa shape index (κ2) is 5.52. The first-order valence-electron chi connectivity index (χ1n) is 5.81. The molecule has 1 unspecified atom stereocenters. The fraction of sp³-hybridized carbons (Fsp3) is 0.385. The van der Waals surface area contributed by atoms with E-state index in [-0.39, 0.29) is 12.3 Å². The highest BCUT2D eigenvalue weighted by Crippen LogP contribution is 2.24. The molecule has 0 saturated carbocycles. The number of anilines is 1.